The van der Waals surface area contributed by atoms with Crippen LogP contribution < -0.4 is 19.5 Å². The molecule has 2 atom stereocenters. The summed E-state index contributed by atoms with van der Waals surface area (Å²) in [6, 6.07) is 6.64. The highest BCUT2D eigenvalue weighted by Gasteiger charge is 2.23. The van der Waals surface area contributed by atoms with E-state index in [0.717, 1.165) is 11.1 Å². The number of aliphatic hydroxyl groups is 1. The number of halogens is 1. The van der Waals surface area contributed by atoms with Crippen molar-refractivity contribution >= 4 is 44.5 Å². The van der Waals surface area contributed by atoms with Crippen LogP contribution in [-0.2, 0) is 4.74 Å². The summed E-state index contributed by atoms with van der Waals surface area (Å²) in [6.07, 6.45) is 2.12. The van der Waals surface area contributed by atoms with E-state index < -0.39 is 24.1 Å². The van der Waals surface area contributed by atoms with E-state index in [-0.39, 0.29) is 19.1 Å². The van der Waals surface area contributed by atoms with Crippen molar-refractivity contribution in [3.63, 3.8) is 0 Å². The fraction of sp³-hybridized carbons (Fsp3) is 0.286. The van der Waals surface area contributed by atoms with Crippen LogP contribution in [0.1, 0.15) is 19.4 Å². The Labute approximate surface area is 243 Å². The standard InChI is InChI=1S/C28H27FN6O6S/c1-14-7-19(24-21(8-14)33-23(38-4)13-31-24)26-34-22-10-20(29)25(35-27(22)42-26)40-15(2)16(3)41-28(37)32-17-9-18(12-30-11-17)39-6-5-36/h7-13,15-16,36H,5-6H2,1-4H3,(H,32,37)/t15-,16+/m0/s1. The zero-order valence-electron chi connectivity index (χ0n) is 23.1. The average Bonchev–Trinajstić information content (AvgIpc) is 3.37. The summed E-state index contributed by atoms with van der Waals surface area (Å²) in [4.78, 5) is 34.8. The molecule has 5 rings (SSSR count). The molecular weight excluding hydrogens is 567 g/mol. The first-order chi connectivity index (χ1) is 20.2. The number of aryl methyl sites for hydroxylation is 1. The van der Waals surface area contributed by atoms with Gasteiger partial charge in [0.1, 0.15) is 39.9 Å². The van der Waals surface area contributed by atoms with Gasteiger partial charge in [0.2, 0.25) is 5.88 Å². The Morgan fingerprint density at radius 2 is 1.90 bits per heavy atom. The number of pyridine rings is 2. The van der Waals surface area contributed by atoms with Gasteiger partial charge in [0.25, 0.3) is 5.88 Å². The monoisotopic (exact) mass is 594 g/mol. The Hall–Kier alpha value is -4.69. The van der Waals surface area contributed by atoms with E-state index >= 15 is 4.39 Å². The van der Waals surface area contributed by atoms with E-state index in [2.05, 4.69) is 30.2 Å². The molecule has 0 radical (unpaired) electrons. The number of hydrogen-bond acceptors (Lipinski definition) is 12. The molecule has 0 saturated carbocycles. The molecular formula is C28H27FN6O6S. The molecule has 1 aromatic carbocycles. The predicted molar refractivity (Wildman–Crippen MR) is 154 cm³/mol. The van der Waals surface area contributed by atoms with E-state index in [9.17, 15) is 4.79 Å². The van der Waals surface area contributed by atoms with Crippen LogP contribution in [0.4, 0.5) is 14.9 Å². The molecule has 14 heteroatoms. The molecule has 0 unspecified atom stereocenters. The lowest BCUT2D eigenvalue weighted by molar-refractivity contribution is 0.0379. The van der Waals surface area contributed by atoms with Crippen LogP contribution in [0.2, 0.25) is 0 Å². The first-order valence-electron chi connectivity index (χ1n) is 12.9. The number of nitrogens with one attached hydrogen (secondary N) is 1. The molecule has 0 aliphatic heterocycles. The number of amides is 1. The maximum Gasteiger partial charge on any atom is 0.412 e. The number of thiazole rings is 1. The van der Waals surface area contributed by atoms with E-state index in [1.807, 2.05) is 19.1 Å². The molecule has 2 N–H and O–H groups in total. The summed E-state index contributed by atoms with van der Waals surface area (Å²) in [6.45, 7) is 5.12. The molecule has 0 fully saturated rings. The van der Waals surface area contributed by atoms with Gasteiger partial charge in [0, 0.05) is 17.7 Å². The number of aliphatic hydroxyl groups excluding tert-OH is 1. The molecule has 1 amide bonds. The fourth-order valence-corrected chi connectivity index (χ4v) is 4.88. The van der Waals surface area contributed by atoms with Crippen LogP contribution >= 0.6 is 11.3 Å². The number of nitrogens with zero attached hydrogens (tertiary/aromatic N) is 5. The number of ether oxygens (including phenoxy) is 4. The summed E-state index contributed by atoms with van der Waals surface area (Å²) >= 11 is 1.27. The van der Waals surface area contributed by atoms with E-state index in [0.29, 0.717) is 43.7 Å². The lowest BCUT2D eigenvalue weighted by Crippen LogP contribution is -2.33. The first-order valence-corrected chi connectivity index (χ1v) is 13.7. The van der Waals surface area contributed by atoms with Gasteiger partial charge < -0.3 is 24.1 Å². The van der Waals surface area contributed by atoms with Crippen LogP contribution in [0.15, 0.2) is 42.9 Å². The summed E-state index contributed by atoms with van der Waals surface area (Å²) in [5, 5.41) is 12.0. The third kappa shape index (κ3) is 6.44. The number of anilines is 1. The summed E-state index contributed by atoms with van der Waals surface area (Å²) < 4.78 is 36.7. The molecule has 0 spiro atoms. The molecule has 4 heterocycles. The highest BCUT2D eigenvalue weighted by Crippen LogP contribution is 2.35. The molecule has 0 aliphatic carbocycles. The van der Waals surface area contributed by atoms with Gasteiger partial charge >= 0.3 is 6.09 Å². The number of carbonyl (C=O) groups is 1. The maximum atomic E-state index is 15.0. The number of fused-ring (bicyclic) bond motifs is 2. The van der Waals surface area contributed by atoms with Crippen LogP contribution in [-0.4, -0.2) is 68.7 Å². The van der Waals surface area contributed by atoms with Crippen molar-refractivity contribution in [2.24, 2.45) is 0 Å². The van der Waals surface area contributed by atoms with Crippen LogP contribution in [0.3, 0.4) is 0 Å². The van der Waals surface area contributed by atoms with Gasteiger partial charge in [-0.05, 0) is 38.5 Å². The predicted octanol–water partition coefficient (Wildman–Crippen LogP) is 4.93. The van der Waals surface area contributed by atoms with Gasteiger partial charge in [-0.3, -0.25) is 10.3 Å². The second-order valence-corrected chi connectivity index (χ2v) is 10.2. The SMILES string of the molecule is COc1cnc2c(-c3nc4cc(F)c(O[C@@H](C)[C@@H](C)OC(=O)Nc5cncc(OCCO)c5)nc4s3)cc(C)cc2n1. The summed E-state index contributed by atoms with van der Waals surface area (Å²) in [5.41, 5.74) is 3.68. The van der Waals surface area contributed by atoms with Gasteiger partial charge in [0.15, 0.2) is 5.82 Å². The van der Waals surface area contributed by atoms with Crippen LogP contribution in [0.25, 0.3) is 32.0 Å². The van der Waals surface area contributed by atoms with Crippen molar-refractivity contribution < 1.29 is 33.2 Å². The van der Waals surface area contributed by atoms with Crippen molar-refractivity contribution in [2.45, 2.75) is 33.0 Å². The quantitative estimate of drug-likeness (QED) is 0.227. The second-order valence-electron chi connectivity index (χ2n) is 9.25. The molecule has 0 aliphatic rings. The Morgan fingerprint density at radius 3 is 2.69 bits per heavy atom. The third-order valence-corrected chi connectivity index (χ3v) is 7.08. The van der Waals surface area contributed by atoms with Gasteiger partial charge in [-0.25, -0.2) is 24.1 Å². The minimum Gasteiger partial charge on any atom is -0.490 e. The number of carbonyl (C=O) groups excluding carboxylic acids is 1. The molecule has 218 valence electrons. The minimum absolute atomic E-state index is 0.0911. The molecule has 42 heavy (non-hydrogen) atoms. The Morgan fingerprint density at radius 1 is 1.07 bits per heavy atom. The lowest BCUT2D eigenvalue weighted by Gasteiger charge is -2.21. The topological polar surface area (TPSA) is 151 Å². The first kappa shape index (κ1) is 28.8. The molecule has 0 saturated heterocycles. The highest BCUT2D eigenvalue weighted by molar-refractivity contribution is 7.21. The van der Waals surface area contributed by atoms with Gasteiger partial charge in [-0.1, -0.05) is 11.3 Å². The fourth-order valence-electron chi connectivity index (χ4n) is 3.95. The number of methoxy groups -OCH3 is 1. The molecule has 4 aromatic heterocycles. The van der Waals surface area contributed by atoms with E-state index in [1.165, 1.54) is 49.2 Å². The average molecular weight is 595 g/mol. The van der Waals surface area contributed by atoms with Crippen molar-refractivity contribution in [1.82, 2.24) is 24.9 Å². The van der Waals surface area contributed by atoms with E-state index in [1.54, 1.807) is 13.8 Å². The van der Waals surface area contributed by atoms with Crippen molar-refractivity contribution in [1.29, 1.82) is 0 Å². The maximum absolute atomic E-state index is 15.0. The van der Waals surface area contributed by atoms with Crippen molar-refractivity contribution in [3.8, 4) is 28.1 Å². The Balaban J connectivity index is 1.30. The largest absolute Gasteiger partial charge is 0.490 e. The second kappa shape index (κ2) is 12.4. The van der Waals surface area contributed by atoms with Crippen molar-refractivity contribution in [3.05, 3.63) is 54.2 Å². The number of hydrogen-bond donors (Lipinski definition) is 2. The smallest absolute Gasteiger partial charge is 0.412 e. The molecule has 12 nitrogen and oxygen atoms in total. The van der Waals surface area contributed by atoms with Gasteiger partial charge in [-0.15, -0.1) is 0 Å². The third-order valence-electron chi connectivity index (χ3n) is 6.08. The Kier molecular flexibility index (Phi) is 8.54. The highest BCUT2D eigenvalue weighted by atomic mass is 32.1. The summed E-state index contributed by atoms with van der Waals surface area (Å²) in [5.74, 6) is -0.169. The lowest BCUT2D eigenvalue weighted by atomic mass is 10.1. The zero-order chi connectivity index (χ0) is 29.8. The number of aromatic nitrogens is 5. The molecule has 5 aromatic rings. The van der Waals surface area contributed by atoms with Crippen molar-refractivity contribution in [2.75, 3.05) is 25.6 Å². The normalized spacial score (nSPS) is 12.6. The van der Waals surface area contributed by atoms with Crippen LogP contribution in [0, 0.1) is 12.7 Å². The zero-order valence-corrected chi connectivity index (χ0v) is 23.9. The number of rotatable bonds is 10. The molecule has 0 bridgehead atoms. The van der Waals surface area contributed by atoms with E-state index in [4.69, 9.17) is 24.1 Å². The number of benzene rings is 1. The van der Waals surface area contributed by atoms with Gasteiger partial charge in [0.05, 0.1) is 49.0 Å². The minimum atomic E-state index is -0.769. The van der Waals surface area contributed by atoms with Gasteiger partial charge in [-0.2, -0.15) is 4.98 Å². The summed E-state index contributed by atoms with van der Waals surface area (Å²) in [7, 11) is 1.53. The Bertz CT molecular complexity index is 1750. The van der Waals surface area contributed by atoms with Crippen LogP contribution in [0.5, 0.6) is 17.5 Å².